The van der Waals surface area contributed by atoms with E-state index in [2.05, 4.69) is 4.72 Å². The number of phenolic OH excluding ortho intramolecular Hbond substituents is 1. The Morgan fingerprint density at radius 3 is 2.18 bits per heavy atom. The molecule has 0 aliphatic rings. The Bertz CT molecular complexity index is 935. The standard InChI is InChI=1S/C17H15NO3S/c1-12-11-16(14-9-5-6-10-15(14)17(12)19)22(20,21)18-13-7-3-2-4-8-13/h2-11,18-19H,1H3. The Hall–Kier alpha value is -2.53. The van der Waals surface area contributed by atoms with Crippen LogP contribution in [0, 0.1) is 6.92 Å². The van der Waals surface area contributed by atoms with Crippen molar-refractivity contribution in [3.63, 3.8) is 0 Å². The molecule has 0 saturated carbocycles. The van der Waals surface area contributed by atoms with Gasteiger partial charge in [-0.2, -0.15) is 0 Å². The van der Waals surface area contributed by atoms with Gasteiger partial charge >= 0.3 is 0 Å². The van der Waals surface area contributed by atoms with Crippen LogP contribution in [0.5, 0.6) is 5.75 Å². The molecule has 0 unspecified atom stereocenters. The summed E-state index contributed by atoms with van der Waals surface area (Å²) in [5.74, 6) is 0.106. The van der Waals surface area contributed by atoms with Crippen LogP contribution >= 0.6 is 0 Å². The number of fused-ring (bicyclic) bond motifs is 1. The molecule has 3 aromatic rings. The van der Waals surface area contributed by atoms with Gasteiger partial charge in [0.1, 0.15) is 5.75 Å². The van der Waals surface area contributed by atoms with Crippen LogP contribution in [0.2, 0.25) is 0 Å². The number of para-hydroxylation sites is 1. The van der Waals surface area contributed by atoms with E-state index in [4.69, 9.17) is 0 Å². The lowest BCUT2D eigenvalue weighted by Gasteiger charge is -2.13. The molecule has 4 nitrogen and oxygen atoms in total. The molecule has 0 radical (unpaired) electrons. The summed E-state index contributed by atoms with van der Waals surface area (Å²) in [6, 6.07) is 17.1. The maximum Gasteiger partial charge on any atom is 0.262 e. The Morgan fingerprint density at radius 1 is 0.909 bits per heavy atom. The number of phenols is 1. The average molecular weight is 313 g/mol. The van der Waals surface area contributed by atoms with Gasteiger partial charge in [0.15, 0.2) is 0 Å². The number of rotatable bonds is 3. The predicted octanol–water partition coefficient (Wildman–Crippen LogP) is 3.65. The fourth-order valence-corrected chi connectivity index (χ4v) is 3.75. The first-order valence-electron chi connectivity index (χ1n) is 6.78. The molecule has 0 heterocycles. The summed E-state index contributed by atoms with van der Waals surface area (Å²) in [5.41, 5.74) is 1.02. The van der Waals surface area contributed by atoms with Crippen LogP contribution in [0.15, 0.2) is 65.6 Å². The molecule has 0 aliphatic carbocycles. The van der Waals surface area contributed by atoms with Crippen molar-refractivity contribution in [3.05, 3.63) is 66.2 Å². The zero-order valence-corrected chi connectivity index (χ0v) is 12.8. The third-order valence-electron chi connectivity index (χ3n) is 3.48. The third-order valence-corrected chi connectivity index (χ3v) is 4.91. The fourth-order valence-electron chi connectivity index (χ4n) is 2.40. The van der Waals surface area contributed by atoms with E-state index in [-0.39, 0.29) is 10.6 Å². The predicted molar refractivity (Wildman–Crippen MR) is 87.6 cm³/mol. The van der Waals surface area contributed by atoms with E-state index in [1.165, 1.54) is 6.07 Å². The summed E-state index contributed by atoms with van der Waals surface area (Å²) in [4.78, 5) is 0.155. The van der Waals surface area contributed by atoms with Crippen molar-refractivity contribution in [2.45, 2.75) is 11.8 Å². The van der Waals surface area contributed by atoms with Crippen molar-refractivity contribution in [1.82, 2.24) is 0 Å². The Balaban J connectivity index is 2.19. The Labute approximate surface area is 129 Å². The largest absolute Gasteiger partial charge is 0.507 e. The molecule has 0 aromatic heterocycles. The third kappa shape index (κ3) is 2.51. The number of aryl methyl sites for hydroxylation is 1. The van der Waals surface area contributed by atoms with Crippen molar-refractivity contribution >= 4 is 26.5 Å². The summed E-state index contributed by atoms with van der Waals surface area (Å²) in [7, 11) is -3.74. The number of nitrogens with one attached hydrogen (secondary N) is 1. The molecule has 0 saturated heterocycles. The normalized spacial score (nSPS) is 11.5. The van der Waals surface area contributed by atoms with Crippen molar-refractivity contribution in [2.75, 3.05) is 4.72 Å². The van der Waals surface area contributed by atoms with E-state index < -0.39 is 10.0 Å². The SMILES string of the molecule is Cc1cc(S(=O)(=O)Nc2ccccc2)c2ccccc2c1O. The molecule has 0 atom stereocenters. The van der Waals surface area contributed by atoms with Gasteiger partial charge in [-0.05, 0) is 30.7 Å². The summed E-state index contributed by atoms with van der Waals surface area (Å²) < 4.78 is 27.9. The number of anilines is 1. The van der Waals surface area contributed by atoms with Crippen molar-refractivity contribution < 1.29 is 13.5 Å². The lowest BCUT2D eigenvalue weighted by atomic mass is 10.1. The highest BCUT2D eigenvalue weighted by atomic mass is 32.2. The van der Waals surface area contributed by atoms with Crippen molar-refractivity contribution in [3.8, 4) is 5.75 Å². The monoisotopic (exact) mass is 313 g/mol. The van der Waals surface area contributed by atoms with Gasteiger partial charge in [0.2, 0.25) is 0 Å². The maximum atomic E-state index is 12.7. The highest BCUT2D eigenvalue weighted by Gasteiger charge is 2.20. The van der Waals surface area contributed by atoms with Gasteiger partial charge < -0.3 is 5.11 Å². The number of aromatic hydroxyl groups is 1. The van der Waals surface area contributed by atoms with Crippen LogP contribution in [0.3, 0.4) is 0 Å². The first kappa shape index (κ1) is 14.4. The van der Waals surface area contributed by atoms with E-state index in [0.29, 0.717) is 22.0 Å². The number of sulfonamides is 1. The lowest BCUT2D eigenvalue weighted by molar-refractivity contribution is 0.477. The molecule has 0 bridgehead atoms. The molecule has 2 N–H and O–H groups in total. The number of hydrogen-bond donors (Lipinski definition) is 2. The minimum Gasteiger partial charge on any atom is -0.507 e. The van der Waals surface area contributed by atoms with Crippen LogP contribution in [0.25, 0.3) is 10.8 Å². The topological polar surface area (TPSA) is 66.4 Å². The molecular weight excluding hydrogens is 298 g/mol. The lowest BCUT2D eigenvalue weighted by Crippen LogP contribution is -2.13. The second-order valence-corrected chi connectivity index (χ2v) is 6.71. The molecule has 0 aliphatic heterocycles. The van der Waals surface area contributed by atoms with E-state index >= 15 is 0 Å². The van der Waals surface area contributed by atoms with E-state index in [0.717, 1.165) is 0 Å². The maximum absolute atomic E-state index is 12.7. The smallest absolute Gasteiger partial charge is 0.262 e. The Morgan fingerprint density at radius 2 is 1.50 bits per heavy atom. The summed E-state index contributed by atoms with van der Waals surface area (Å²) >= 11 is 0. The first-order chi connectivity index (χ1) is 10.5. The van der Waals surface area contributed by atoms with Gasteiger partial charge in [0.25, 0.3) is 10.0 Å². The van der Waals surface area contributed by atoms with Gasteiger partial charge in [0, 0.05) is 16.5 Å². The van der Waals surface area contributed by atoms with Crippen molar-refractivity contribution in [1.29, 1.82) is 0 Å². The summed E-state index contributed by atoms with van der Waals surface area (Å²) in [5, 5.41) is 11.1. The first-order valence-corrected chi connectivity index (χ1v) is 8.26. The van der Waals surface area contributed by atoms with Gasteiger partial charge in [-0.1, -0.05) is 42.5 Å². The highest BCUT2D eigenvalue weighted by Crippen LogP contribution is 2.34. The molecular formula is C17H15NO3S. The number of hydrogen-bond acceptors (Lipinski definition) is 3. The van der Waals surface area contributed by atoms with E-state index in [1.807, 2.05) is 6.07 Å². The van der Waals surface area contributed by atoms with E-state index in [9.17, 15) is 13.5 Å². The highest BCUT2D eigenvalue weighted by molar-refractivity contribution is 7.93. The van der Waals surface area contributed by atoms with Gasteiger partial charge in [-0.3, -0.25) is 4.72 Å². The molecule has 0 spiro atoms. The minimum atomic E-state index is -3.74. The van der Waals surface area contributed by atoms with Crippen LogP contribution in [0.4, 0.5) is 5.69 Å². The number of benzene rings is 3. The van der Waals surface area contributed by atoms with Gasteiger partial charge in [-0.25, -0.2) is 8.42 Å². The molecule has 22 heavy (non-hydrogen) atoms. The molecule has 5 heteroatoms. The Kier molecular flexibility index (Phi) is 3.50. The summed E-state index contributed by atoms with van der Waals surface area (Å²) in [6.45, 7) is 1.68. The molecule has 0 amide bonds. The molecule has 3 aromatic carbocycles. The summed E-state index contributed by atoms with van der Waals surface area (Å²) in [6.07, 6.45) is 0. The van der Waals surface area contributed by atoms with Gasteiger partial charge in [-0.15, -0.1) is 0 Å². The van der Waals surface area contributed by atoms with Gasteiger partial charge in [0.05, 0.1) is 4.90 Å². The minimum absolute atomic E-state index is 0.106. The van der Waals surface area contributed by atoms with E-state index in [1.54, 1.807) is 55.5 Å². The molecule has 3 rings (SSSR count). The zero-order valence-electron chi connectivity index (χ0n) is 11.9. The van der Waals surface area contributed by atoms with Crippen LogP contribution in [-0.4, -0.2) is 13.5 Å². The molecule has 0 fully saturated rings. The average Bonchev–Trinajstić information content (AvgIpc) is 2.51. The van der Waals surface area contributed by atoms with Crippen LogP contribution < -0.4 is 4.72 Å². The van der Waals surface area contributed by atoms with Crippen molar-refractivity contribution in [2.24, 2.45) is 0 Å². The van der Waals surface area contributed by atoms with Crippen LogP contribution in [0.1, 0.15) is 5.56 Å². The van der Waals surface area contributed by atoms with Crippen LogP contribution in [-0.2, 0) is 10.0 Å². The zero-order chi connectivity index (χ0) is 15.7. The second-order valence-electron chi connectivity index (χ2n) is 5.06. The second kappa shape index (κ2) is 5.35. The fraction of sp³-hybridized carbons (Fsp3) is 0.0588. The quantitative estimate of drug-likeness (QED) is 0.775. The molecule has 112 valence electrons.